The Kier molecular flexibility index (Phi) is 6.20. The van der Waals surface area contributed by atoms with Crippen molar-refractivity contribution in [3.63, 3.8) is 0 Å². The van der Waals surface area contributed by atoms with Gasteiger partial charge >= 0.3 is 13.1 Å². The van der Waals surface area contributed by atoms with Crippen molar-refractivity contribution in [2.45, 2.75) is 52.4 Å². The average Bonchev–Trinajstić information content (AvgIpc) is 2.89. The van der Waals surface area contributed by atoms with Gasteiger partial charge in [0.25, 0.3) is 0 Å². The number of halogens is 2. The van der Waals surface area contributed by atoms with Crippen LogP contribution in [-0.4, -0.2) is 30.9 Å². The fourth-order valence-electron chi connectivity index (χ4n) is 3.05. The molecular weight excluding hydrogens is 393 g/mol. The highest BCUT2D eigenvalue weighted by molar-refractivity contribution is 6.63. The highest BCUT2D eigenvalue weighted by Gasteiger charge is 2.54. The lowest BCUT2D eigenvalue weighted by atomic mass is 9.75. The van der Waals surface area contributed by atoms with Crippen LogP contribution < -0.4 is 10.2 Å². The molecule has 1 saturated heterocycles. The van der Waals surface area contributed by atoms with Crippen molar-refractivity contribution in [3.8, 4) is 5.75 Å². The molecule has 5 nitrogen and oxygen atoms in total. The minimum atomic E-state index is -1.23. The first-order chi connectivity index (χ1) is 14.1. The molecule has 2 aromatic rings. The first-order valence-corrected chi connectivity index (χ1v) is 9.78. The van der Waals surface area contributed by atoms with Crippen molar-refractivity contribution >= 4 is 18.6 Å². The van der Waals surface area contributed by atoms with Crippen molar-refractivity contribution < 1.29 is 32.4 Å². The highest BCUT2D eigenvalue weighted by Crippen LogP contribution is 2.38. The Labute approximate surface area is 175 Å². The molecule has 1 aliphatic heterocycles. The number of rotatable bonds is 6. The Morgan fingerprint density at radius 2 is 1.67 bits per heavy atom. The molecule has 0 aromatic heterocycles. The molecular formula is C22H25BF2O5. The minimum absolute atomic E-state index is 0.0454. The van der Waals surface area contributed by atoms with E-state index in [0.29, 0.717) is 0 Å². The van der Waals surface area contributed by atoms with Gasteiger partial charge in [-0.05, 0) is 46.2 Å². The van der Waals surface area contributed by atoms with Crippen LogP contribution in [-0.2, 0) is 20.7 Å². The van der Waals surface area contributed by atoms with Crippen LogP contribution in [0, 0.1) is 11.6 Å². The van der Waals surface area contributed by atoms with Crippen LogP contribution in [0.2, 0.25) is 0 Å². The van der Waals surface area contributed by atoms with Crippen LogP contribution in [0.1, 0.15) is 50.5 Å². The van der Waals surface area contributed by atoms with Crippen molar-refractivity contribution in [1.29, 1.82) is 0 Å². The maximum absolute atomic E-state index is 15.5. The zero-order valence-corrected chi connectivity index (χ0v) is 17.8. The van der Waals surface area contributed by atoms with Gasteiger partial charge in [-0.2, -0.15) is 0 Å². The molecule has 0 spiro atoms. The van der Waals surface area contributed by atoms with Gasteiger partial charge in [0.1, 0.15) is 6.61 Å². The van der Waals surface area contributed by atoms with E-state index in [2.05, 4.69) is 0 Å². The highest BCUT2D eigenvalue weighted by atomic mass is 19.1. The number of hydrogen-bond acceptors (Lipinski definition) is 5. The lowest BCUT2D eigenvalue weighted by Crippen LogP contribution is -2.41. The van der Waals surface area contributed by atoms with E-state index in [1.807, 2.05) is 6.07 Å². The molecule has 0 aliphatic carbocycles. The number of benzene rings is 2. The third-order valence-electron chi connectivity index (χ3n) is 5.42. The van der Waals surface area contributed by atoms with Gasteiger partial charge in [0.05, 0.1) is 23.4 Å². The number of esters is 1. The lowest BCUT2D eigenvalue weighted by molar-refractivity contribution is 0.00578. The number of carbonyl (C=O) groups is 1. The fraction of sp³-hybridized carbons (Fsp3) is 0.409. The van der Waals surface area contributed by atoms with E-state index in [1.54, 1.807) is 58.9 Å². The van der Waals surface area contributed by atoms with E-state index in [4.69, 9.17) is 18.8 Å². The molecule has 0 radical (unpaired) electrons. The molecule has 0 amide bonds. The normalized spacial score (nSPS) is 17.1. The average molecular weight is 418 g/mol. The van der Waals surface area contributed by atoms with Crippen LogP contribution in [0.15, 0.2) is 36.4 Å². The van der Waals surface area contributed by atoms with Crippen molar-refractivity contribution in [3.05, 3.63) is 59.2 Å². The van der Waals surface area contributed by atoms with E-state index in [-0.39, 0.29) is 24.2 Å². The maximum atomic E-state index is 15.5. The number of ether oxygens (including phenoxy) is 2. The van der Waals surface area contributed by atoms with Crippen LogP contribution in [0.25, 0.3) is 0 Å². The van der Waals surface area contributed by atoms with Crippen LogP contribution in [0.3, 0.4) is 0 Å². The smallest absolute Gasteiger partial charge is 0.483 e. The maximum Gasteiger partial charge on any atom is 0.498 e. The molecule has 30 heavy (non-hydrogen) atoms. The van der Waals surface area contributed by atoms with E-state index in [1.165, 1.54) is 0 Å². The molecule has 8 heteroatoms. The van der Waals surface area contributed by atoms with Gasteiger partial charge in [0.15, 0.2) is 17.4 Å². The first kappa shape index (κ1) is 22.2. The molecule has 1 fully saturated rings. The van der Waals surface area contributed by atoms with E-state index < -0.39 is 41.7 Å². The van der Waals surface area contributed by atoms with Gasteiger partial charge in [0.2, 0.25) is 0 Å². The molecule has 3 rings (SSSR count). The topological polar surface area (TPSA) is 54.0 Å². The van der Waals surface area contributed by atoms with Crippen molar-refractivity contribution in [2.75, 3.05) is 6.61 Å². The largest absolute Gasteiger partial charge is 0.498 e. The summed E-state index contributed by atoms with van der Waals surface area (Å²) in [6.45, 7) is 8.80. The summed E-state index contributed by atoms with van der Waals surface area (Å²) in [5.41, 5.74) is -1.36. The Morgan fingerprint density at radius 1 is 1.07 bits per heavy atom. The number of carbonyl (C=O) groups excluding carboxylic acids is 1. The molecule has 2 aromatic carbocycles. The SMILES string of the molecule is CCOC(=O)c1cc(F)c(OCc2ccccc2)c(F)c1B1OC(C)(C)C(C)(C)O1. The van der Waals surface area contributed by atoms with Gasteiger partial charge in [-0.15, -0.1) is 0 Å². The van der Waals surface area contributed by atoms with E-state index in [9.17, 15) is 9.18 Å². The number of hydrogen-bond donors (Lipinski definition) is 0. The molecule has 0 bridgehead atoms. The van der Waals surface area contributed by atoms with Crippen molar-refractivity contribution in [2.24, 2.45) is 0 Å². The van der Waals surface area contributed by atoms with Crippen LogP contribution in [0.5, 0.6) is 5.75 Å². The monoisotopic (exact) mass is 418 g/mol. The van der Waals surface area contributed by atoms with Gasteiger partial charge in [0, 0.05) is 5.46 Å². The summed E-state index contributed by atoms with van der Waals surface area (Å²) in [5.74, 6) is -3.52. The minimum Gasteiger partial charge on any atom is -0.483 e. The van der Waals surface area contributed by atoms with Gasteiger partial charge in [-0.25, -0.2) is 13.6 Å². The summed E-state index contributed by atoms with van der Waals surface area (Å²) < 4.78 is 52.5. The van der Waals surface area contributed by atoms with Gasteiger partial charge < -0.3 is 18.8 Å². The van der Waals surface area contributed by atoms with Crippen LogP contribution in [0.4, 0.5) is 8.78 Å². The Hall–Kier alpha value is -2.45. The van der Waals surface area contributed by atoms with E-state index in [0.717, 1.165) is 11.6 Å². The predicted octanol–water partition coefficient (Wildman–Crippen LogP) is 4.02. The molecule has 0 saturated carbocycles. The second-order valence-electron chi connectivity index (χ2n) is 8.05. The first-order valence-electron chi connectivity index (χ1n) is 9.78. The molecule has 0 N–H and O–H groups in total. The molecule has 160 valence electrons. The summed E-state index contributed by atoms with van der Waals surface area (Å²) >= 11 is 0. The van der Waals surface area contributed by atoms with Crippen LogP contribution >= 0.6 is 0 Å². The standard InChI is InChI=1S/C22H25BF2O5/c1-6-27-20(26)15-12-16(24)19(28-13-14-10-8-7-9-11-14)18(25)17(15)23-29-21(2,3)22(4,5)30-23/h7-12H,6,13H2,1-5H3. The summed E-state index contributed by atoms with van der Waals surface area (Å²) in [4.78, 5) is 12.4. The molecule has 1 heterocycles. The van der Waals surface area contributed by atoms with E-state index >= 15 is 4.39 Å². The molecule has 1 aliphatic rings. The third kappa shape index (κ3) is 4.20. The van der Waals surface area contributed by atoms with Crippen molar-refractivity contribution in [1.82, 2.24) is 0 Å². The third-order valence-corrected chi connectivity index (χ3v) is 5.42. The second-order valence-corrected chi connectivity index (χ2v) is 8.05. The summed E-state index contributed by atoms with van der Waals surface area (Å²) in [5, 5.41) is 0. The lowest BCUT2D eigenvalue weighted by Gasteiger charge is -2.32. The predicted molar refractivity (Wildman–Crippen MR) is 109 cm³/mol. The van der Waals surface area contributed by atoms with Gasteiger partial charge in [-0.1, -0.05) is 30.3 Å². The zero-order valence-electron chi connectivity index (χ0n) is 17.8. The summed E-state index contributed by atoms with van der Waals surface area (Å²) in [6, 6.07) is 9.88. The Balaban J connectivity index is 2.04. The Bertz CT molecular complexity index is 915. The molecule has 0 atom stereocenters. The Morgan fingerprint density at radius 3 is 2.23 bits per heavy atom. The quantitative estimate of drug-likeness (QED) is 0.524. The zero-order chi connectivity index (χ0) is 22.1. The summed E-state index contributed by atoms with van der Waals surface area (Å²) in [6.07, 6.45) is 0. The molecule has 0 unspecified atom stereocenters. The summed E-state index contributed by atoms with van der Waals surface area (Å²) in [7, 11) is -1.23. The fourth-order valence-corrected chi connectivity index (χ4v) is 3.05. The van der Waals surface area contributed by atoms with Gasteiger partial charge in [-0.3, -0.25) is 0 Å². The second kappa shape index (κ2) is 8.36.